The molecule has 1 aromatic carbocycles. The largest absolute Gasteiger partial charge is 0.522 e. The van der Waals surface area contributed by atoms with Gasteiger partial charge in [-0.3, -0.25) is 4.74 Å². The second-order valence-electron chi connectivity index (χ2n) is 3.86. The first-order valence-electron chi connectivity index (χ1n) is 5.49. The normalized spacial score (nSPS) is 12.2. The van der Waals surface area contributed by atoms with Crippen LogP contribution in [0.1, 0.15) is 5.56 Å². The van der Waals surface area contributed by atoms with Crippen LogP contribution in [-0.4, -0.2) is 17.5 Å². The Hall–Kier alpha value is -1.53. The van der Waals surface area contributed by atoms with Gasteiger partial charge in [0.2, 0.25) is 0 Å². The summed E-state index contributed by atoms with van der Waals surface area (Å²) >= 11 is 0. The summed E-state index contributed by atoms with van der Waals surface area (Å²) in [5.41, 5.74) is 7.38. The lowest BCUT2D eigenvalue weighted by atomic mass is 10.2. The van der Waals surface area contributed by atoms with Crippen molar-refractivity contribution in [3.8, 4) is 0 Å². The molecule has 3 nitrogen and oxygen atoms in total. The number of nitrogens with zero attached hydrogens (tertiary/aromatic N) is 1. The van der Waals surface area contributed by atoms with Crippen LogP contribution in [0, 0.1) is 0 Å². The van der Waals surface area contributed by atoms with Gasteiger partial charge < -0.3 is 10.3 Å². The highest BCUT2D eigenvalue weighted by atomic mass is 19.4. The van der Waals surface area contributed by atoms with E-state index in [1.54, 1.807) is 10.8 Å². The molecule has 0 saturated carbocycles. The predicted octanol–water partition coefficient (Wildman–Crippen LogP) is 2.64. The number of benzene rings is 1. The highest BCUT2D eigenvalue weighted by molar-refractivity contribution is 5.83. The predicted molar refractivity (Wildman–Crippen MR) is 61.8 cm³/mol. The topological polar surface area (TPSA) is 40.2 Å². The minimum Gasteiger partial charge on any atom is -0.345 e. The lowest BCUT2D eigenvalue weighted by Gasteiger charge is -2.08. The van der Waals surface area contributed by atoms with Crippen molar-refractivity contribution in [3.05, 3.63) is 36.0 Å². The summed E-state index contributed by atoms with van der Waals surface area (Å²) in [5, 5.41) is 0.965. The minimum absolute atomic E-state index is 0.139. The first-order chi connectivity index (χ1) is 8.51. The average molecular weight is 258 g/mol. The third-order valence-corrected chi connectivity index (χ3v) is 2.69. The molecule has 18 heavy (non-hydrogen) atoms. The number of hydrogen-bond donors (Lipinski definition) is 1. The van der Waals surface area contributed by atoms with Gasteiger partial charge in [-0.05, 0) is 11.6 Å². The molecule has 0 aliphatic carbocycles. The van der Waals surface area contributed by atoms with Crippen molar-refractivity contribution in [1.29, 1.82) is 0 Å². The van der Waals surface area contributed by atoms with Crippen molar-refractivity contribution in [2.75, 3.05) is 6.61 Å². The first-order valence-corrected chi connectivity index (χ1v) is 5.49. The molecule has 0 fully saturated rings. The third kappa shape index (κ3) is 2.83. The Kier molecular flexibility index (Phi) is 3.58. The molecule has 2 aromatic rings. The van der Waals surface area contributed by atoms with E-state index < -0.39 is 13.0 Å². The Balaban J connectivity index is 2.18. The Morgan fingerprint density at radius 3 is 2.61 bits per heavy atom. The molecule has 6 heteroatoms. The van der Waals surface area contributed by atoms with E-state index in [2.05, 4.69) is 4.74 Å². The maximum atomic E-state index is 11.9. The molecule has 0 aliphatic heterocycles. The summed E-state index contributed by atoms with van der Waals surface area (Å²) in [6.45, 7) is 0.0832. The number of aromatic nitrogens is 1. The quantitative estimate of drug-likeness (QED) is 0.915. The second-order valence-corrected chi connectivity index (χ2v) is 3.86. The summed E-state index contributed by atoms with van der Waals surface area (Å²) in [5.74, 6) is 0. The van der Waals surface area contributed by atoms with Crippen LogP contribution in [0.25, 0.3) is 10.9 Å². The Morgan fingerprint density at radius 1 is 1.22 bits per heavy atom. The van der Waals surface area contributed by atoms with E-state index in [0.717, 1.165) is 16.5 Å². The summed E-state index contributed by atoms with van der Waals surface area (Å²) < 4.78 is 41.2. The van der Waals surface area contributed by atoms with Gasteiger partial charge in [-0.1, -0.05) is 18.2 Å². The zero-order valence-electron chi connectivity index (χ0n) is 9.57. The Labute approximate surface area is 102 Å². The highest BCUT2D eigenvalue weighted by Gasteiger charge is 2.28. The molecule has 0 radical (unpaired) electrons. The smallest absolute Gasteiger partial charge is 0.345 e. The molecule has 0 atom stereocenters. The monoisotopic (exact) mass is 258 g/mol. The Bertz CT molecular complexity index is 534. The number of alkyl halides is 3. The van der Waals surface area contributed by atoms with Gasteiger partial charge in [0.15, 0.2) is 0 Å². The number of para-hydroxylation sites is 1. The molecule has 0 spiro atoms. The number of hydrogen-bond acceptors (Lipinski definition) is 2. The SMILES string of the molecule is NCc1cn(CCOC(F)(F)F)c2ccccc12. The fourth-order valence-electron chi connectivity index (χ4n) is 1.93. The second kappa shape index (κ2) is 4.99. The van der Waals surface area contributed by atoms with Crippen LogP contribution >= 0.6 is 0 Å². The molecule has 0 bridgehead atoms. The van der Waals surface area contributed by atoms with Crippen molar-refractivity contribution in [2.45, 2.75) is 19.5 Å². The van der Waals surface area contributed by atoms with Crippen molar-refractivity contribution in [2.24, 2.45) is 5.73 Å². The number of nitrogens with two attached hydrogens (primary N) is 1. The first kappa shape index (κ1) is 12.9. The van der Waals surface area contributed by atoms with E-state index in [1.165, 1.54) is 0 Å². The molecule has 1 aromatic heterocycles. The Morgan fingerprint density at radius 2 is 1.94 bits per heavy atom. The van der Waals surface area contributed by atoms with Crippen molar-refractivity contribution < 1.29 is 17.9 Å². The lowest BCUT2D eigenvalue weighted by molar-refractivity contribution is -0.325. The van der Waals surface area contributed by atoms with E-state index in [-0.39, 0.29) is 6.54 Å². The van der Waals surface area contributed by atoms with Gasteiger partial charge in [0.1, 0.15) is 0 Å². The van der Waals surface area contributed by atoms with E-state index in [9.17, 15) is 13.2 Å². The molecule has 98 valence electrons. The molecule has 0 unspecified atom stereocenters. The lowest BCUT2D eigenvalue weighted by Crippen LogP contribution is -2.17. The van der Waals surface area contributed by atoms with Crippen LogP contribution in [0.2, 0.25) is 0 Å². The van der Waals surface area contributed by atoms with Gasteiger partial charge in [0.25, 0.3) is 0 Å². The number of fused-ring (bicyclic) bond motifs is 1. The number of ether oxygens (including phenoxy) is 1. The maximum absolute atomic E-state index is 11.9. The van der Waals surface area contributed by atoms with Gasteiger partial charge in [-0.15, -0.1) is 13.2 Å². The van der Waals surface area contributed by atoms with Crippen molar-refractivity contribution >= 4 is 10.9 Å². The third-order valence-electron chi connectivity index (χ3n) is 2.69. The van der Waals surface area contributed by atoms with Crippen LogP contribution in [-0.2, 0) is 17.8 Å². The number of halogens is 3. The number of rotatable bonds is 4. The molecular weight excluding hydrogens is 245 g/mol. The zero-order valence-corrected chi connectivity index (χ0v) is 9.57. The van der Waals surface area contributed by atoms with Gasteiger partial charge in [-0.2, -0.15) is 0 Å². The summed E-state index contributed by atoms with van der Waals surface area (Å²) in [6.07, 6.45) is -2.82. The van der Waals surface area contributed by atoms with Gasteiger partial charge in [0, 0.05) is 30.2 Å². The summed E-state index contributed by atoms with van der Waals surface area (Å²) in [6, 6.07) is 7.46. The zero-order chi connectivity index (χ0) is 13.2. The molecule has 0 saturated heterocycles. The van der Waals surface area contributed by atoms with E-state index >= 15 is 0 Å². The molecule has 2 N–H and O–H groups in total. The van der Waals surface area contributed by atoms with Crippen LogP contribution in [0.5, 0.6) is 0 Å². The van der Waals surface area contributed by atoms with E-state index in [4.69, 9.17) is 5.73 Å². The summed E-state index contributed by atoms with van der Waals surface area (Å²) in [7, 11) is 0. The van der Waals surface area contributed by atoms with Crippen LogP contribution in [0.3, 0.4) is 0 Å². The fraction of sp³-hybridized carbons (Fsp3) is 0.333. The fourth-order valence-corrected chi connectivity index (χ4v) is 1.93. The van der Waals surface area contributed by atoms with Gasteiger partial charge in [0.05, 0.1) is 6.61 Å². The summed E-state index contributed by atoms with van der Waals surface area (Å²) in [4.78, 5) is 0. The van der Waals surface area contributed by atoms with Crippen LogP contribution < -0.4 is 5.73 Å². The molecule has 2 rings (SSSR count). The van der Waals surface area contributed by atoms with Gasteiger partial charge in [-0.25, -0.2) is 0 Å². The van der Waals surface area contributed by atoms with Gasteiger partial charge >= 0.3 is 6.36 Å². The average Bonchev–Trinajstić information content (AvgIpc) is 2.66. The van der Waals surface area contributed by atoms with Crippen LogP contribution in [0.4, 0.5) is 13.2 Å². The van der Waals surface area contributed by atoms with E-state index in [0.29, 0.717) is 6.54 Å². The molecule has 0 aliphatic rings. The minimum atomic E-state index is -4.58. The maximum Gasteiger partial charge on any atom is 0.522 e. The van der Waals surface area contributed by atoms with Crippen molar-refractivity contribution in [1.82, 2.24) is 4.57 Å². The molecular formula is C12H13F3N2O. The van der Waals surface area contributed by atoms with Crippen molar-refractivity contribution in [3.63, 3.8) is 0 Å². The van der Waals surface area contributed by atoms with Crippen LogP contribution in [0.15, 0.2) is 30.5 Å². The van der Waals surface area contributed by atoms with E-state index in [1.807, 2.05) is 24.3 Å². The highest BCUT2D eigenvalue weighted by Crippen LogP contribution is 2.21. The molecule has 0 amide bonds. The standard InChI is InChI=1S/C12H13F3N2O/c13-12(14,15)18-6-5-17-8-9(7-16)10-3-1-2-4-11(10)17/h1-4,8H,5-7,16H2. The molecule has 1 heterocycles.